The van der Waals surface area contributed by atoms with Crippen LogP contribution in [0.1, 0.15) is 41.8 Å². The Hall–Kier alpha value is -2.73. The third-order valence-electron chi connectivity index (χ3n) is 3.75. The van der Waals surface area contributed by atoms with Gasteiger partial charge < -0.3 is 5.32 Å². The smallest absolute Gasteiger partial charge is 0.286 e. The van der Waals surface area contributed by atoms with Gasteiger partial charge in [0.1, 0.15) is 5.82 Å². The van der Waals surface area contributed by atoms with Crippen molar-refractivity contribution in [3.8, 4) is 0 Å². The third kappa shape index (κ3) is 4.26. The normalized spacial score (nSPS) is 13.3. The molecular weight excluding hydrogens is 335 g/mol. The molecule has 2 amide bonds. The van der Waals surface area contributed by atoms with Crippen LogP contribution < -0.4 is 5.32 Å². The molecule has 5 nitrogen and oxygen atoms in total. The molecule has 0 aromatic heterocycles. The number of rotatable bonds is 3. The lowest BCUT2D eigenvalue weighted by molar-refractivity contribution is -0.148. The number of imide groups is 1. The second-order valence-corrected chi connectivity index (χ2v) is 5.73. The number of nitrogens with one attached hydrogen (secondary N) is 1. The second-order valence-electron chi connectivity index (χ2n) is 5.73. The molecular formula is C20H23FN2O3. The molecule has 1 N–H and O–H groups in total. The van der Waals surface area contributed by atoms with Gasteiger partial charge in [-0.1, -0.05) is 26.0 Å². The molecule has 138 valence electrons. The summed E-state index contributed by atoms with van der Waals surface area (Å²) < 4.78 is 14.1. The number of benzene rings is 2. The molecule has 0 bridgehead atoms. The highest BCUT2D eigenvalue weighted by Crippen LogP contribution is 2.27. The lowest BCUT2D eigenvalue weighted by Crippen LogP contribution is -2.31. The Bertz CT molecular complexity index is 821. The van der Waals surface area contributed by atoms with Crippen LogP contribution in [0.4, 0.5) is 15.8 Å². The fraction of sp³-hybridized carbons (Fsp3) is 0.300. The highest BCUT2D eigenvalue weighted by molar-refractivity contribution is 6.07. The van der Waals surface area contributed by atoms with Crippen LogP contribution in [0.3, 0.4) is 0 Å². The number of carbonyl (C=O) groups is 2. The maximum absolute atomic E-state index is 14.1. The van der Waals surface area contributed by atoms with E-state index in [1.54, 1.807) is 37.3 Å². The summed E-state index contributed by atoms with van der Waals surface area (Å²) in [5.74, 6) is -1.36. The zero-order valence-electron chi connectivity index (χ0n) is 15.4. The van der Waals surface area contributed by atoms with E-state index in [9.17, 15) is 14.0 Å². The maximum atomic E-state index is 14.1. The molecule has 1 aliphatic heterocycles. The Morgan fingerprint density at radius 3 is 2.35 bits per heavy atom. The van der Waals surface area contributed by atoms with Gasteiger partial charge in [-0.2, -0.15) is 0 Å². The van der Waals surface area contributed by atoms with Crippen LogP contribution in [0.5, 0.6) is 0 Å². The van der Waals surface area contributed by atoms with Crippen molar-refractivity contribution < 1.29 is 18.8 Å². The minimum Gasteiger partial charge on any atom is -0.352 e. The van der Waals surface area contributed by atoms with E-state index in [-0.39, 0.29) is 30.2 Å². The van der Waals surface area contributed by atoms with Crippen molar-refractivity contribution in [2.45, 2.75) is 34.1 Å². The summed E-state index contributed by atoms with van der Waals surface area (Å²) in [6, 6.07) is 9.87. The van der Waals surface area contributed by atoms with Gasteiger partial charge >= 0.3 is 0 Å². The fourth-order valence-electron chi connectivity index (χ4n) is 2.49. The van der Waals surface area contributed by atoms with Crippen LogP contribution in [0.25, 0.3) is 0 Å². The van der Waals surface area contributed by atoms with E-state index in [4.69, 9.17) is 4.84 Å². The van der Waals surface area contributed by atoms with E-state index in [0.717, 1.165) is 16.2 Å². The van der Waals surface area contributed by atoms with Gasteiger partial charge in [-0.05, 0) is 49.2 Å². The van der Waals surface area contributed by atoms with Crippen molar-refractivity contribution in [2.24, 2.45) is 0 Å². The number of hydrogen-bond acceptors (Lipinski definition) is 4. The number of aryl methyl sites for hydroxylation is 2. The van der Waals surface area contributed by atoms with E-state index >= 15 is 0 Å². The Morgan fingerprint density at radius 2 is 1.73 bits per heavy atom. The van der Waals surface area contributed by atoms with Gasteiger partial charge in [-0.3, -0.25) is 14.4 Å². The summed E-state index contributed by atoms with van der Waals surface area (Å²) in [7, 11) is 0. The first-order valence-corrected chi connectivity index (χ1v) is 8.60. The first-order valence-electron chi connectivity index (χ1n) is 8.60. The summed E-state index contributed by atoms with van der Waals surface area (Å²) in [5, 5.41) is 3.70. The van der Waals surface area contributed by atoms with Crippen molar-refractivity contribution in [1.29, 1.82) is 0 Å². The molecule has 6 heteroatoms. The third-order valence-corrected chi connectivity index (χ3v) is 3.75. The molecule has 26 heavy (non-hydrogen) atoms. The van der Waals surface area contributed by atoms with E-state index in [2.05, 4.69) is 5.32 Å². The van der Waals surface area contributed by atoms with Gasteiger partial charge in [0, 0.05) is 0 Å². The van der Waals surface area contributed by atoms with Crippen LogP contribution >= 0.6 is 0 Å². The molecule has 0 saturated carbocycles. The SMILES string of the molecule is CC.Cc1ccc(Nc2cc(C)ccc2C(=O)N2OCCC2=O)c(F)c1. The van der Waals surface area contributed by atoms with Crippen molar-refractivity contribution in [2.75, 3.05) is 11.9 Å². The zero-order valence-corrected chi connectivity index (χ0v) is 15.4. The van der Waals surface area contributed by atoms with Crippen molar-refractivity contribution in [3.63, 3.8) is 0 Å². The molecule has 2 aromatic rings. The lowest BCUT2D eigenvalue weighted by Gasteiger charge is -2.17. The molecule has 0 spiro atoms. The summed E-state index contributed by atoms with van der Waals surface area (Å²) in [6.07, 6.45) is 0.174. The number of halogens is 1. The molecule has 0 radical (unpaired) electrons. The molecule has 1 saturated heterocycles. The second kappa shape index (κ2) is 8.58. The topological polar surface area (TPSA) is 58.6 Å². The summed E-state index contributed by atoms with van der Waals surface area (Å²) in [4.78, 5) is 29.4. The van der Waals surface area contributed by atoms with E-state index in [1.807, 2.05) is 20.8 Å². The largest absolute Gasteiger partial charge is 0.352 e. The highest BCUT2D eigenvalue weighted by atomic mass is 19.1. The molecule has 2 aromatic carbocycles. The van der Waals surface area contributed by atoms with Crippen LogP contribution in [-0.2, 0) is 9.63 Å². The first-order chi connectivity index (χ1) is 12.5. The van der Waals surface area contributed by atoms with Gasteiger partial charge in [-0.15, -0.1) is 5.06 Å². The van der Waals surface area contributed by atoms with Gasteiger partial charge in [0.2, 0.25) is 0 Å². The van der Waals surface area contributed by atoms with Gasteiger partial charge in [-0.25, -0.2) is 4.39 Å². The average molecular weight is 358 g/mol. The van der Waals surface area contributed by atoms with Crippen LogP contribution in [0.15, 0.2) is 36.4 Å². The first kappa shape index (κ1) is 19.6. The summed E-state index contributed by atoms with van der Waals surface area (Å²) in [6.45, 7) is 7.85. The molecule has 0 unspecified atom stereocenters. The van der Waals surface area contributed by atoms with Crippen LogP contribution in [0, 0.1) is 19.7 Å². The molecule has 1 aliphatic rings. The number of anilines is 2. The number of nitrogens with zero attached hydrogens (tertiary/aromatic N) is 1. The van der Waals surface area contributed by atoms with Gasteiger partial charge in [0.25, 0.3) is 11.8 Å². The monoisotopic (exact) mass is 358 g/mol. The van der Waals surface area contributed by atoms with Crippen LogP contribution in [-0.4, -0.2) is 23.5 Å². The van der Waals surface area contributed by atoms with E-state index < -0.39 is 11.7 Å². The van der Waals surface area contributed by atoms with Crippen molar-refractivity contribution in [3.05, 3.63) is 58.9 Å². The Kier molecular flexibility index (Phi) is 6.46. The number of amides is 2. The predicted octanol–water partition coefficient (Wildman–Crippen LogP) is 4.52. The standard InChI is InChI=1S/C18H17FN2O3.C2H6/c1-11-4-6-15(14(19)9-11)20-16-10-12(2)3-5-13(16)18(23)21-17(22)7-8-24-21;1-2/h3-6,9-10,20H,7-8H2,1-2H3;1-2H3. The Balaban J connectivity index is 0.00000117. The fourth-order valence-corrected chi connectivity index (χ4v) is 2.49. The predicted molar refractivity (Wildman–Crippen MR) is 98.7 cm³/mol. The van der Waals surface area contributed by atoms with Crippen LogP contribution in [0.2, 0.25) is 0 Å². The number of hydrogen-bond donors (Lipinski definition) is 1. The van der Waals surface area contributed by atoms with Crippen molar-refractivity contribution >= 4 is 23.2 Å². The van der Waals surface area contributed by atoms with Gasteiger partial charge in [0.05, 0.1) is 30.0 Å². The van der Waals surface area contributed by atoms with E-state index in [0.29, 0.717) is 5.69 Å². The summed E-state index contributed by atoms with van der Waals surface area (Å²) >= 11 is 0. The molecule has 0 aliphatic carbocycles. The Morgan fingerprint density at radius 1 is 1.08 bits per heavy atom. The van der Waals surface area contributed by atoms with Crippen molar-refractivity contribution in [1.82, 2.24) is 5.06 Å². The molecule has 1 fully saturated rings. The number of carbonyl (C=O) groups excluding carboxylic acids is 2. The maximum Gasteiger partial charge on any atom is 0.286 e. The van der Waals surface area contributed by atoms with Gasteiger partial charge in [0.15, 0.2) is 0 Å². The minimum absolute atomic E-state index is 0.174. The lowest BCUT2D eigenvalue weighted by atomic mass is 10.1. The highest BCUT2D eigenvalue weighted by Gasteiger charge is 2.30. The summed E-state index contributed by atoms with van der Waals surface area (Å²) in [5.41, 5.74) is 2.63. The minimum atomic E-state index is -0.562. The number of hydroxylamine groups is 2. The van der Waals surface area contributed by atoms with E-state index in [1.165, 1.54) is 6.07 Å². The molecule has 3 rings (SSSR count). The molecule has 0 atom stereocenters. The zero-order chi connectivity index (χ0) is 19.3. The average Bonchev–Trinajstić information content (AvgIpc) is 3.05. The quantitative estimate of drug-likeness (QED) is 0.820. The molecule has 1 heterocycles. The Labute approximate surface area is 152 Å².